The van der Waals surface area contributed by atoms with Crippen LogP contribution in [0.15, 0.2) is 18.2 Å². The Morgan fingerprint density at radius 3 is 2.49 bits per heavy atom. The molecule has 0 radical (unpaired) electrons. The van der Waals surface area contributed by atoms with Crippen molar-refractivity contribution < 1.29 is 33.7 Å². The fourth-order valence-electron chi connectivity index (χ4n) is 6.49. The molecule has 1 aliphatic carbocycles. The van der Waals surface area contributed by atoms with Gasteiger partial charge in [-0.3, -0.25) is 4.79 Å². The number of phenols is 1. The Balaban J connectivity index is 1.56. The van der Waals surface area contributed by atoms with E-state index in [1.54, 1.807) is 39.0 Å². The topological polar surface area (TPSA) is 140 Å². The van der Waals surface area contributed by atoms with Crippen LogP contribution in [0.5, 0.6) is 11.6 Å². The normalized spacial score (nSPS) is 28.1. The summed E-state index contributed by atoms with van der Waals surface area (Å²) in [5.41, 5.74) is 0.392. The van der Waals surface area contributed by atoms with Crippen molar-refractivity contribution in [2.75, 3.05) is 6.54 Å². The first-order valence-electron chi connectivity index (χ1n) is 16.3. The molecular formula is C34H48N4O7. The second kappa shape index (κ2) is 12.6. The van der Waals surface area contributed by atoms with Crippen LogP contribution < -0.4 is 10.1 Å². The Morgan fingerprint density at radius 2 is 1.80 bits per heavy atom. The molecule has 6 atom stereocenters. The number of rotatable bonds is 2. The summed E-state index contributed by atoms with van der Waals surface area (Å²) in [4.78, 5) is 52.5. The third kappa shape index (κ3) is 7.61. The number of nitrogens with zero attached hydrogens (tertiary/aromatic N) is 3. The summed E-state index contributed by atoms with van der Waals surface area (Å²) in [6.07, 6.45) is 4.39. The van der Waals surface area contributed by atoms with Crippen molar-refractivity contribution >= 4 is 29.0 Å². The van der Waals surface area contributed by atoms with Crippen LogP contribution in [0.4, 0.5) is 4.79 Å². The van der Waals surface area contributed by atoms with Crippen LogP contribution >= 0.6 is 0 Å². The molecule has 11 heteroatoms. The molecule has 2 amide bonds. The molecule has 5 rings (SSSR count). The van der Waals surface area contributed by atoms with Crippen LogP contribution in [0.2, 0.25) is 0 Å². The minimum Gasteiger partial charge on any atom is -0.508 e. The molecule has 246 valence electrons. The summed E-state index contributed by atoms with van der Waals surface area (Å²) in [6.45, 7) is 13.0. The minimum atomic E-state index is -0.957. The molecule has 2 aromatic rings. The predicted molar refractivity (Wildman–Crippen MR) is 168 cm³/mol. The number of carbonyl (C=O) groups is 3. The zero-order chi connectivity index (χ0) is 32.7. The van der Waals surface area contributed by atoms with E-state index < -0.39 is 53.1 Å². The number of esters is 1. The molecule has 2 aliphatic heterocycles. The molecule has 3 heterocycles. The molecule has 11 nitrogen and oxygen atoms in total. The second-order valence-corrected chi connectivity index (χ2v) is 14.8. The average molecular weight is 625 g/mol. The Labute approximate surface area is 265 Å². The number of carbonyl (C=O) groups excluding carboxylic acids is 3. The second-order valence-electron chi connectivity index (χ2n) is 14.8. The van der Waals surface area contributed by atoms with Crippen LogP contribution in [-0.2, 0) is 25.5 Å². The molecule has 45 heavy (non-hydrogen) atoms. The van der Waals surface area contributed by atoms with Crippen molar-refractivity contribution in [3.63, 3.8) is 0 Å². The number of hydrogen-bond acceptors (Lipinski definition) is 9. The third-order valence-corrected chi connectivity index (χ3v) is 8.92. The highest BCUT2D eigenvalue weighted by Gasteiger charge is 2.53. The van der Waals surface area contributed by atoms with Gasteiger partial charge in [0.05, 0.1) is 17.6 Å². The van der Waals surface area contributed by atoms with E-state index in [9.17, 15) is 19.5 Å². The summed E-state index contributed by atoms with van der Waals surface area (Å²) in [5, 5.41) is 13.0. The third-order valence-electron chi connectivity index (χ3n) is 8.92. The number of aryl methyl sites for hydroxylation is 1. The van der Waals surface area contributed by atoms with Gasteiger partial charge in [-0.1, -0.05) is 40.5 Å². The lowest BCUT2D eigenvalue weighted by Crippen LogP contribution is -2.58. The number of alkyl carbamates (subject to hydrolysis) is 1. The number of aromatic hydroxyl groups is 1. The molecule has 1 aromatic heterocycles. The summed E-state index contributed by atoms with van der Waals surface area (Å²) in [5.74, 6) is -0.615. The molecule has 2 N–H and O–H groups in total. The van der Waals surface area contributed by atoms with E-state index in [0.717, 1.165) is 32.1 Å². The smallest absolute Gasteiger partial charge is 0.408 e. The highest BCUT2D eigenvalue weighted by molar-refractivity contribution is 5.91. The van der Waals surface area contributed by atoms with E-state index >= 15 is 0 Å². The van der Waals surface area contributed by atoms with Gasteiger partial charge in [-0.05, 0) is 76.3 Å². The number of benzene rings is 1. The highest BCUT2D eigenvalue weighted by Crippen LogP contribution is 2.39. The number of nitrogens with one attached hydrogen (secondary N) is 1. The maximum Gasteiger partial charge on any atom is 0.408 e. The maximum absolute atomic E-state index is 14.4. The lowest BCUT2D eigenvalue weighted by Gasteiger charge is -2.36. The summed E-state index contributed by atoms with van der Waals surface area (Å²) in [7, 11) is 0. The highest BCUT2D eigenvalue weighted by atomic mass is 16.6. The van der Waals surface area contributed by atoms with Gasteiger partial charge < -0.3 is 29.5 Å². The predicted octanol–water partition coefficient (Wildman–Crippen LogP) is 5.31. The fraction of sp³-hybridized carbons (Fsp3) is 0.676. The minimum absolute atomic E-state index is 0.0728. The first-order valence-corrected chi connectivity index (χ1v) is 16.3. The van der Waals surface area contributed by atoms with Crippen molar-refractivity contribution in [2.45, 2.75) is 123 Å². The Morgan fingerprint density at radius 1 is 1.04 bits per heavy atom. The monoisotopic (exact) mass is 624 g/mol. The number of ether oxygens (including phenoxy) is 3. The van der Waals surface area contributed by atoms with Crippen LogP contribution in [0.25, 0.3) is 11.0 Å². The van der Waals surface area contributed by atoms with Gasteiger partial charge in [0.2, 0.25) is 11.8 Å². The van der Waals surface area contributed by atoms with Gasteiger partial charge >= 0.3 is 12.1 Å². The molecule has 1 unspecified atom stereocenters. The SMILES string of the molecule is CC[C@@H]1[C@@H]2CN(C(=O)[C@H](C(C)(C)C)NC(=O)O[C@@H]3CC3CCCCCc3nc4ccc(O)cc4nc3O2)[C@@H]1C(=O)OC(C)(C)C. The van der Waals surface area contributed by atoms with E-state index in [2.05, 4.69) is 5.32 Å². The standard InChI is InChI=1S/C34H48N4O7/c1-8-21-26-18-38(27(21)31(41)45-34(5,6)7)30(40)28(33(2,3)4)37-32(42)44-25-16-19(25)12-10-9-11-13-23-29(43-26)36-24-17-20(39)14-15-22(24)35-23/h14-15,17,19,21,25-28,39H,8-13,16,18H2,1-7H3,(H,37,42)/t19?,21-,25-,26+,27+,28-/m1/s1. The van der Waals surface area contributed by atoms with Crippen molar-refractivity contribution in [2.24, 2.45) is 17.3 Å². The van der Waals surface area contributed by atoms with Crippen LogP contribution in [0.3, 0.4) is 0 Å². The summed E-state index contributed by atoms with van der Waals surface area (Å²) in [6, 6.07) is 2.98. The van der Waals surface area contributed by atoms with Gasteiger partial charge in [0.1, 0.15) is 41.3 Å². The van der Waals surface area contributed by atoms with Crippen LogP contribution in [0.1, 0.15) is 92.7 Å². The molecule has 1 aromatic carbocycles. The zero-order valence-electron chi connectivity index (χ0n) is 27.6. The van der Waals surface area contributed by atoms with Gasteiger partial charge in [0.15, 0.2) is 0 Å². The lowest BCUT2D eigenvalue weighted by atomic mass is 9.85. The first kappa shape index (κ1) is 32.8. The van der Waals surface area contributed by atoms with Crippen molar-refractivity contribution in [3.05, 3.63) is 23.9 Å². The fourth-order valence-corrected chi connectivity index (χ4v) is 6.49. The van der Waals surface area contributed by atoms with Gasteiger partial charge in [-0.25, -0.2) is 19.6 Å². The summed E-state index contributed by atoms with van der Waals surface area (Å²) >= 11 is 0. The molecular weight excluding hydrogens is 576 g/mol. The maximum atomic E-state index is 14.4. The van der Waals surface area contributed by atoms with Gasteiger partial charge in [-0.15, -0.1) is 0 Å². The average Bonchev–Trinajstić information content (AvgIpc) is 3.56. The quantitative estimate of drug-likeness (QED) is 0.426. The van der Waals surface area contributed by atoms with E-state index in [1.807, 2.05) is 27.7 Å². The van der Waals surface area contributed by atoms with Gasteiger partial charge in [0, 0.05) is 12.0 Å². The molecule has 1 saturated carbocycles. The molecule has 0 spiro atoms. The van der Waals surface area contributed by atoms with Crippen molar-refractivity contribution in [3.8, 4) is 11.6 Å². The number of fused-ring (bicyclic) bond motifs is 5. The van der Waals surface area contributed by atoms with Crippen molar-refractivity contribution in [1.29, 1.82) is 0 Å². The molecule has 2 fully saturated rings. The molecule has 2 bridgehead atoms. The number of amides is 2. The van der Waals surface area contributed by atoms with Crippen LogP contribution in [-0.4, -0.2) is 74.4 Å². The first-order chi connectivity index (χ1) is 21.1. The van der Waals surface area contributed by atoms with E-state index in [4.69, 9.17) is 24.2 Å². The number of aromatic nitrogens is 2. The van der Waals surface area contributed by atoms with E-state index in [1.165, 1.54) is 4.90 Å². The molecule has 1 saturated heterocycles. The Bertz CT molecular complexity index is 1430. The molecule has 3 aliphatic rings. The van der Waals surface area contributed by atoms with Gasteiger partial charge in [-0.2, -0.15) is 0 Å². The van der Waals surface area contributed by atoms with E-state index in [-0.39, 0.29) is 18.4 Å². The van der Waals surface area contributed by atoms with Crippen molar-refractivity contribution in [1.82, 2.24) is 20.2 Å². The zero-order valence-corrected chi connectivity index (χ0v) is 27.6. The lowest BCUT2D eigenvalue weighted by molar-refractivity contribution is -0.165. The number of hydrogen-bond donors (Lipinski definition) is 2. The van der Waals surface area contributed by atoms with Crippen LogP contribution in [0, 0.1) is 17.3 Å². The Kier molecular flexibility index (Phi) is 9.20. The van der Waals surface area contributed by atoms with E-state index in [0.29, 0.717) is 41.4 Å². The number of phenolic OH excluding ortho intramolecular Hbond substituents is 1. The Hall–Kier alpha value is -3.63. The van der Waals surface area contributed by atoms with Gasteiger partial charge in [0.25, 0.3) is 0 Å². The largest absolute Gasteiger partial charge is 0.508 e. The summed E-state index contributed by atoms with van der Waals surface area (Å²) < 4.78 is 18.2.